The van der Waals surface area contributed by atoms with Crippen LogP contribution < -0.4 is 0 Å². The molecular formula is C24H30N2O3S. The van der Waals surface area contributed by atoms with Gasteiger partial charge in [-0.05, 0) is 82.4 Å². The van der Waals surface area contributed by atoms with Crippen molar-refractivity contribution in [2.45, 2.75) is 59.0 Å². The third-order valence-electron chi connectivity index (χ3n) is 5.81. The first-order valence-corrected chi connectivity index (χ1v) is 11.6. The second kappa shape index (κ2) is 8.42. The van der Waals surface area contributed by atoms with Gasteiger partial charge in [0.2, 0.25) is 0 Å². The number of hydrogen-bond acceptors (Lipinski definition) is 5. The molecule has 0 atom stereocenters. The lowest BCUT2D eigenvalue weighted by Crippen LogP contribution is -2.41. The van der Waals surface area contributed by atoms with Crippen LogP contribution in [-0.2, 0) is 11.2 Å². The SMILES string of the molecule is Cc1c(-c2cccs2)ccc2c(CCC3CCN(C(=O)OC(C)(C)C)CC3)noc12. The molecule has 0 saturated carbocycles. The zero-order valence-electron chi connectivity index (χ0n) is 18.2. The van der Waals surface area contributed by atoms with Gasteiger partial charge in [-0.2, -0.15) is 0 Å². The van der Waals surface area contributed by atoms with Gasteiger partial charge in [0.05, 0.1) is 5.69 Å². The Hall–Kier alpha value is -2.34. The summed E-state index contributed by atoms with van der Waals surface area (Å²) in [4.78, 5) is 15.3. The van der Waals surface area contributed by atoms with Crippen molar-refractivity contribution in [1.29, 1.82) is 0 Å². The highest BCUT2D eigenvalue weighted by atomic mass is 32.1. The number of ether oxygens (including phenoxy) is 1. The number of carbonyl (C=O) groups excluding carboxylic acids is 1. The molecule has 1 fully saturated rings. The smallest absolute Gasteiger partial charge is 0.410 e. The molecule has 1 amide bonds. The van der Waals surface area contributed by atoms with Crippen molar-refractivity contribution in [2.75, 3.05) is 13.1 Å². The van der Waals surface area contributed by atoms with Gasteiger partial charge in [-0.1, -0.05) is 17.3 Å². The summed E-state index contributed by atoms with van der Waals surface area (Å²) in [7, 11) is 0. The van der Waals surface area contributed by atoms with E-state index in [0.29, 0.717) is 5.92 Å². The Bertz CT molecular complexity index is 1010. The summed E-state index contributed by atoms with van der Waals surface area (Å²) in [6.45, 7) is 9.37. The number of fused-ring (bicyclic) bond motifs is 1. The highest BCUT2D eigenvalue weighted by Gasteiger charge is 2.27. The normalized spacial score (nSPS) is 15.7. The van der Waals surface area contributed by atoms with E-state index in [1.807, 2.05) is 25.7 Å². The van der Waals surface area contributed by atoms with Crippen LogP contribution in [0, 0.1) is 12.8 Å². The van der Waals surface area contributed by atoms with Crippen LogP contribution in [0.4, 0.5) is 4.79 Å². The van der Waals surface area contributed by atoms with E-state index < -0.39 is 5.60 Å². The highest BCUT2D eigenvalue weighted by Crippen LogP contribution is 2.34. The maximum atomic E-state index is 12.2. The molecule has 30 heavy (non-hydrogen) atoms. The van der Waals surface area contributed by atoms with Crippen LogP contribution in [0.3, 0.4) is 0 Å². The number of piperidine rings is 1. The topological polar surface area (TPSA) is 55.6 Å². The first-order valence-electron chi connectivity index (χ1n) is 10.7. The number of thiophene rings is 1. The van der Waals surface area contributed by atoms with Gasteiger partial charge in [0.15, 0.2) is 5.58 Å². The van der Waals surface area contributed by atoms with Gasteiger partial charge in [-0.3, -0.25) is 0 Å². The Kier molecular flexibility index (Phi) is 5.87. The molecule has 1 aromatic carbocycles. The molecule has 5 nitrogen and oxygen atoms in total. The average molecular weight is 427 g/mol. The molecule has 3 heterocycles. The van der Waals surface area contributed by atoms with E-state index >= 15 is 0 Å². The van der Waals surface area contributed by atoms with Crippen LogP contribution >= 0.6 is 11.3 Å². The molecular weight excluding hydrogens is 396 g/mol. The minimum Gasteiger partial charge on any atom is -0.444 e. The van der Waals surface area contributed by atoms with Crippen molar-refractivity contribution < 1.29 is 14.1 Å². The Labute approximate surface area is 182 Å². The summed E-state index contributed by atoms with van der Waals surface area (Å²) in [5.74, 6) is 0.599. The monoisotopic (exact) mass is 426 g/mol. The molecule has 6 heteroatoms. The van der Waals surface area contributed by atoms with E-state index in [1.54, 1.807) is 11.3 Å². The van der Waals surface area contributed by atoms with Crippen molar-refractivity contribution in [2.24, 2.45) is 5.92 Å². The number of aryl methyl sites for hydroxylation is 2. The van der Waals surface area contributed by atoms with Gasteiger partial charge >= 0.3 is 6.09 Å². The number of carbonyl (C=O) groups is 1. The minimum atomic E-state index is -0.441. The van der Waals surface area contributed by atoms with Crippen LogP contribution in [0.2, 0.25) is 0 Å². The van der Waals surface area contributed by atoms with Crippen molar-refractivity contribution >= 4 is 28.4 Å². The highest BCUT2D eigenvalue weighted by molar-refractivity contribution is 7.13. The summed E-state index contributed by atoms with van der Waals surface area (Å²) >= 11 is 1.74. The number of nitrogens with zero attached hydrogens (tertiary/aromatic N) is 2. The van der Waals surface area contributed by atoms with E-state index in [9.17, 15) is 4.79 Å². The fourth-order valence-electron chi connectivity index (χ4n) is 4.14. The molecule has 0 spiro atoms. The molecule has 1 aliphatic heterocycles. The number of benzene rings is 1. The number of hydrogen-bond donors (Lipinski definition) is 0. The molecule has 0 bridgehead atoms. The van der Waals surface area contributed by atoms with Gasteiger partial charge in [0, 0.05) is 28.9 Å². The second-order valence-electron chi connectivity index (χ2n) is 9.17. The number of amides is 1. The van der Waals surface area contributed by atoms with Gasteiger partial charge < -0.3 is 14.2 Å². The summed E-state index contributed by atoms with van der Waals surface area (Å²) in [6.07, 6.45) is 3.80. The predicted molar refractivity (Wildman–Crippen MR) is 121 cm³/mol. The Morgan fingerprint density at radius 1 is 1.27 bits per heavy atom. The van der Waals surface area contributed by atoms with Crippen LogP contribution in [0.1, 0.15) is 51.3 Å². The lowest BCUT2D eigenvalue weighted by atomic mass is 9.91. The van der Waals surface area contributed by atoms with Gasteiger partial charge in [0.25, 0.3) is 0 Å². The van der Waals surface area contributed by atoms with Gasteiger partial charge in [-0.25, -0.2) is 4.79 Å². The third kappa shape index (κ3) is 4.53. The third-order valence-corrected chi connectivity index (χ3v) is 6.71. The summed E-state index contributed by atoms with van der Waals surface area (Å²) < 4.78 is 11.2. The molecule has 0 aliphatic carbocycles. The quantitative estimate of drug-likeness (QED) is 0.481. The fourth-order valence-corrected chi connectivity index (χ4v) is 4.95. The molecule has 2 aromatic heterocycles. The van der Waals surface area contributed by atoms with Crippen LogP contribution in [0.5, 0.6) is 0 Å². The Morgan fingerprint density at radius 3 is 2.70 bits per heavy atom. The predicted octanol–water partition coefficient (Wildman–Crippen LogP) is 6.44. The standard InChI is InChI=1S/C24H30N2O3S/c1-16-18(21-6-5-15-30-21)8-9-19-20(25-29-22(16)19)10-7-17-11-13-26(14-12-17)23(27)28-24(2,3)4/h5-6,8-9,15,17H,7,10-14H2,1-4H3. The van der Waals surface area contributed by atoms with Gasteiger partial charge in [-0.15, -0.1) is 11.3 Å². The average Bonchev–Trinajstić information content (AvgIpc) is 3.36. The van der Waals surface area contributed by atoms with E-state index in [4.69, 9.17) is 9.26 Å². The van der Waals surface area contributed by atoms with Crippen molar-refractivity contribution in [1.82, 2.24) is 10.1 Å². The molecule has 0 radical (unpaired) electrons. The minimum absolute atomic E-state index is 0.194. The van der Waals surface area contributed by atoms with E-state index in [1.165, 1.54) is 10.4 Å². The summed E-state index contributed by atoms with van der Waals surface area (Å²) in [5.41, 5.74) is 3.87. The molecule has 1 aliphatic rings. The molecule has 0 unspecified atom stereocenters. The lowest BCUT2D eigenvalue weighted by molar-refractivity contribution is 0.0181. The van der Waals surface area contributed by atoms with Crippen molar-refractivity contribution in [3.05, 3.63) is 40.9 Å². The Balaban J connectivity index is 1.36. The molecule has 1 saturated heterocycles. The van der Waals surface area contributed by atoms with E-state index in [0.717, 1.165) is 61.0 Å². The number of rotatable bonds is 4. The zero-order valence-corrected chi connectivity index (χ0v) is 19.1. The summed E-state index contributed by atoms with van der Waals surface area (Å²) in [5, 5.41) is 7.61. The maximum absolute atomic E-state index is 12.2. The molecule has 4 rings (SSSR count). The molecule has 0 N–H and O–H groups in total. The van der Waals surface area contributed by atoms with Crippen molar-refractivity contribution in [3.63, 3.8) is 0 Å². The zero-order chi connectivity index (χ0) is 21.3. The molecule has 3 aromatic rings. The molecule has 160 valence electrons. The maximum Gasteiger partial charge on any atom is 0.410 e. The van der Waals surface area contributed by atoms with E-state index in [2.05, 4.69) is 41.7 Å². The van der Waals surface area contributed by atoms with Crippen LogP contribution in [0.25, 0.3) is 21.4 Å². The first kappa shape index (κ1) is 20.9. The van der Waals surface area contributed by atoms with Crippen molar-refractivity contribution in [3.8, 4) is 10.4 Å². The van der Waals surface area contributed by atoms with Crippen LogP contribution in [0.15, 0.2) is 34.2 Å². The number of aromatic nitrogens is 1. The number of likely N-dealkylation sites (tertiary alicyclic amines) is 1. The Morgan fingerprint density at radius 2 is 2.03 bits per heavy atom. The largest absolute Gasteiger partial charge is 0.444 e. The van der Waals surface area contributed by atoms with Gasteiger partial charge in [0.1, 0.15) is 5.60 Å². The first-order chi connectivity index (χ1) is 14.3. The fraction of sp³-hybridized carbons (Fsp3) is 0.500. The van der Waals surface area contributed by atoms with E-state index in [-0.39, 0.29) is 6.09 Å². The lowest BCUT2D eigenvalue weighted by Gasteiger charge is -2.33. The second-order valence-corrected chi connectivity index (χ2v) is 10.1. The summed E-state index contributed by atoms with van der Waals surface area (Å²) in [6, 6.07) is 8.54. The van der Waals surface area contributed by atoms with Crippen LogP contribution in [-0.4, -0.2) is 34.8 Å².